The molecular weight excluding hydrogens is 314 g/mol. The quantitative estimate of drug-likeness (QED) is 0.641. The van der Waals surface area contributed by atoms with Crippen molar-refractivity contribution in [3.05, 3.63) is 29.6 Å². The molecule has 0 aliphatic carbocycles. The van der Waals surface area contributed by atoms with E-state index >= 15 is 0 Å². The minimum atomic E-state index is -4.28. The Morgan fingerprint density at radius 1 is 1.39 bits per heavy atom. The van der Waals surface area contributed by atoms with Gasteiger partial charge in [-0.2, -0.15) is 13.2 Å². The molecule has 1 heterocycles. The molecule has 0 bridgehead atoms. The van der Waals surface area contributed by atoms with Crippen LogP contribution in [0.25, 0.3) is 0 Å². The second-order valence-electron chi connectivity index (χ2n) is 6.34. The van der Waals surface area contributed by atoms with Crippen LogP contribution in [0.5, 0.6) is 5.75 Å². The van der Waals surface area contributed by atoms with E-state index in [0.717, 1.165) is 0 Å². The molecule has 2 N–H and O–H groups in total. The van der Waals surface area contributed by atoms with Crippen LogP contribution in [0.1, 0.15) is 31.7 Å². The van der Waals surface area contributed by atoms with Crippen LogP contribution in [0.2, 0.25) is 0 Å². The Morgan fingerprint density at radius 3 is 2.70 bits per heavy atom. The molecule has 0 amide bonds. The van der Waals surface area contributed by atoms with E-state index < -0.39 is 24.1 Å². The largest absolute Gasteiger partial charge is 0.490 e. The van der Waals surface area contributed by atoms with Crippen molar-refractivity contribution in [1.29, 1.82) is 0 Å². The zero-order chi connectivity index (χ0) is 17.3. The summed E-state index contributed by atoms with van der Waals surface area (Å²) in [4.78, 5) is 0. The third-order valence-corrected chi connectivity index (χ3v) is 4.09. The van der Waals surface area contributed by atoms with Gasteiger partial charge in [0.05, 0.1) is 6.54 Å². The predicted molar refractivity (Wildman–Crippen MR) is 78.0 cm³/mol. The molecule has 0 saturated heterocycles. The number of fused-ring (bicyclic) bond motifs is 1. The molecule has 0 aromatic heterocycles. The van der Waals surface area contributed by atoms with E-state index in [9.17, 15) is 22.7 Å². The van der Waals surface area contributed by atoms with E-state index in [4.69, 9.17) is 4.74 Å². The van der Waals surface area contributed by atoms with E-state index in [0.29, 0.717) is 11.3 Å². The van der Waals surface area contributed by atoms with Gasteiger partial charge < -0.3 is 15.2 Å². The summed E-state index contributed by atoms with van der Waals surface area (Å²) in [5.74, 6) is -0.351. The maximum atomic E-state index is 13.3. The lowest BCUT2D eigenvalue weighted by atomic mass is 9.72. The van der Waals surface area contributed by atoms with E-state index in [-0.39, 0.29) is 31.4 Å². The zero-order valence-electron chi connectivity index (χ0n) is 13.1. The Hall–Kier alpha value is -1.34. The minimum Gasteiger partial charge on any atom is -0.490 e. The fourth-order valence-corrected chi connectivity index (χ4v) is 3.21. The first-order valence-electron chi connectivity index (χ1n) is 7.54. The molecule has 0 fully saturated rings. The fourth-order valence-electron chi connectivity index (χ4n) is 3.21. The van der Waals surface area contributed by atoms with Gasteiger partial charge in [0, 0.05) is 17.5 Å². The summed E-state index contributed by atoms with van der Waals surface area (Å²) in [5.41, 5.74) is -0.608. The van der Waals surface area contributed by atoms with Crippen LogP contribution in [-0.4, -0.2) is 36.6 Å². The highest BCUT2D eigenvalue weighted by atomic mass is 19.4. The topological polar surface area (TPSA) is 41.5 Å². The van der Waals surface area contributed by atoms with Crippen LogP contribution in [0.15, 0.2) is 18.2 Å². The Kier molecular flexibility index (Phi) is 5.20. The number of benzene rings is 1. The predicted octanol–water partition coefficient (Wildman–Crippen LogP) is 3.23. The molecule has 0 saturated carbocycles. The fraction of sp³-hybridized carbons (Fsp3) is 0.625. The summed E-state index contributed by atoms with van der Waals surface area (Å²) in [6, 6.07) is 4.14. The molecule has 7 heteroatoms. The second kappa shape index (κ2) is 6.65. The maximum absolute atomic E-state index is 13.3. The molecule has 1 aliphatic heterocycles. The summed E-state index contributed by atoms with van der Waals surface area (Å²) >= 11 is 0. The minimum absolute atomic E-state index is 0.0130. The van der Waals surface area contributed by atoms with E-state index in [1.165, 1.54) is 12.1 Å². The van der Waals surface area contributed by atoms with Crippen molar-refractivity contribution in [2.24, 2.45) is 5.92 Å². The Morgan fingerprint density at radius 2 is 2.09 bits per heavy atom. The highest BCUT2D eigenvalue weighted by Gasteiger charge is 2.44. The van der Waals surface area contributed by atoms with Crippen molar-refractivity contribution in [2.45, 2.75) is 38.0 Å². The monoisotopic (exact) mass is 335 g/mol. The summed E-state index contributed by atoms with van der Waals surface area (Å²) in [6.45, 7) is 2.67. The Bertz CT molecular complexity index is 547. The van der Waals surface area contributed by atoms with Crippen molar-refractivity contribution in [3.8, 4) is 5.75 Å². The first-order valence-corrected chi connectivity index (χ1v) is 7.54. The average molecular weight is 335 g/mol. The van der Waals surface area contributed by atoms with Crippen molar-refractivity contribution in [1.82, 2.24) is 5.32 Å². The molecule has 0 radical (unpaired) electrons. The van der Waals surface area contributed by atoms with Gasteiger partial charge >= 0.3 is 6.18 Å². The van der Waals surface area contributed by atoms with Crippen LogP contribution in [0.3, 0.4) is 0 Å². The number of aliphatic hydroxyl groups is 1. The lowest BCUT2D eigenvalue weighted by Gasteiger charge is -2.43. The van der Waals surface area contributed by atoms with Gasteiger partial charge in [-0.05, 0) is 24.9 Å². The number of rotatable bonds is 5. The summed E-state index contributed by atoms with van der Waals surface area (Å²) in [6.07, 6.45) is -4.17. The van der Waals surface area contributed by atoms with E-state index in [1.54, 1.807) is 6.07 Å². The zero-order valence-corrected chi connectivity index (χ0v) is 13.1. The molecule has 0 unspecified atom stereocenters. The van der Waals surface area contributed by atoms with Gasteiger partial charge in [0.25, 0.3) is 0 Å². The standard InChI is InChI=1S/C16H21F4NO2/c1-10(2)14-12-4-3-11(17)7-13(12)23-9-15(14,22)5-6-21-8-16(18,19)20/h3-4,7,10,14,21-22H,5-6,8-9H2,1-2H3/t14-,15+/m0/s1. The van der Waals surface area contributed by atoms with Gasteiger partial charge in [0.2, 0.25) is 0 Å². The number of alkyl halides is 3. The molecule has 2 atom stereocenters. The maximum Gasteiger partial charge on any atom is 0.401 e. The molecule has 130 valence electrons. The van der Waals surface area contributed by atoms with Gasteiger partial charge in [-0.25, -0.2) is 4.39 Å². The van der Waals surface area contributed by atoms with Gasteiger partial charge in [-0.3, -0.25) is 0 Å². The van der Waals surface area contributed by atoms with Gasteiger partial charge in [0.1, 0.15) is 23.8 Å². The molecule has 1 aromatic carbocycles. The van der Waals surface area contributed by atoms with E-state index in [1.807, 2.05) is 13.8 Å². The molecule has 0 spiro atoms. The third-order valence-electron chi connectivity index (χ3n) is 4.09. The number of ether oxygens (including phenoxy) is 1. The first-order chi connectivity index (χ1) is 10.6. The summed E-state index contributed by atoms with van der Waals surface area (Å²) in [5, 5.41) is 13.2. The van der Waals surface area contributed by atoms with Crippen molar-refractivity contribution >= 4 is 0 Å². The lowest BCUT2D eigenvalue weighted by Crippen LogP contribution is -2.49. The summed E-state index contributed by atoms with van der Waals surface area (Å²) in [7, 11) is 0. The normalized spacial score (nSPS) is 24.4. The molecule has 2 rings (SSSR count). The smallest absolute Gasteiger partial charge is 0.401 e. The molecule has 1 aromatic rings. The van der Waals surface area contributed by atoms with Gasteiger partial charge in [-0.1, -0.05) is 19.9 Å². The van der Waals surface area contributed by atoms with Crippen molar-refractivity contribution < 1.29 is 27.4 Å². The molecule has 1 aliphatic rings. The van der Waals surface area contributed by atoms with Crippen molar-refractivity contribution in [2.75, 3.05) is 19.7 Å². The molecular formula is C16H21F4NO2. The Labute approximate surface area is 132 Å². The highest BCUT2D eigenvalue weighted by molar-refractivity contribution is 5.41. The van der Waals surface area contributed by atoms with Crippen LogP contribution < -0.4 is 10.1 Å². The Balaban J connectivity index is 2.13. The summed E-state index contributed by atoms with van der Waals surface area (Å²) < 4.78 is 55.3. The van der Waals surface area contributed by atoms with Gasteiger partial charge in [-0.15, -0.1) is 0 Å². The lowest BCUT2D eigenvalue weighted by molar-refractivity contribution is -0.126. The van der Waals surface area contributed by atoms with E-state index in [2.05, 4.69) is 5.32 Å². The third kappa shape index (κ3) is 4.35. The second-order valence-corrected chi connectivity index (χ2v) is 6.34. The molecule has 3 nitrogen and oxygen atoms in total. The van der Waals surface area contributed by atoms with Crippen LogP contribution in [-0.2, 0) is 0 Å². The van der Waals surface area contributed by atoms with Crippen LogP contribution in [0.4, 0.5) is 17.6 Å². The SMILES string of the molecule is CC(C)[C@H]1c2ccc(F)cc2OC[C@]1(O)CCNCC(F)(F)F. The van der Waals surface area contributed by atoms with Crippen LogP contribution in [0, 0.1) is 11.7 Å². The average Bonchev–Trinajstić information content (AvgIpc) is 2.42. The number of halogens is 4. The number of hydrogen-bond acceptors (Lipinski definition) is 3. The molecule has 23 heavy (non-hydrogen) atoms. The van der Waals surface area contributed by atoms with Crippen molar-refractivity contribution in [3.63, 3.8) is 0 Å². The first kappa shape index (κ1) is 18.0. The number of nitrogens with one attached hydrogen (secondary N) is 1. The van der Waals surface area contributed by atoms with Gasteiger partial charge in [0.15, 0.2) is 0 Å². The number of hydrogen-bond donors (Lipinski definition) is 2. The van der Waals surface area contributed by atoms with Crippen LogP contribution >= 0.6 is 0 Å². The highest BCUT2D eigenvalue weighted by Crippen LogP contribution is 2.45.